The maximum Gasteiger partial charge on any atom is 0.332 e. The quantitative estimate of drug-likeness (QED) is 0.457. The van der Waals surface area contributed by atoms with Gasteiger partial charge in [0.05, 0.1) is 0 Å². The lowest BCUT2D eigenvalue weighted by atomic mass is 10.2. The molecule has 0 aromatic rings. The lowest BCUT2D eigenvalue weighted by Gasteiger charge is -2.08. The van der Waals surface area contributed by atoms with E-state index in [1.165, 1.54) is 0 Å². The Morgan fingerprint density at radius 3 is 2.42 bits per heavy atom. The van der Waals surface area contributed by atoms with Crippen LogP contribution in [0.4, 0.5) is 0 Å². The van der Waals surface area contributed by atoms with Crippen molar-refractivity contribution >= 4 is 17.8 Å². The fourth-order valence-electron chi connectivity index (χ4n) is 1.68. The highest BCUT2D eigenvalue weighted by Crippen LogP contribution is 2.37. The van der Waals surface area contributed by atoms with Crippen LogP contribution in [0.3, 0.4) is 0 Å². The van der Waals surface area contributed by atoms with E-state index in [1.54, 1.807) is 0 Å². The van der Waals surface area contributed by atoms with E-state index in [-0.39, 0.29) is 43.7 Å². The number of aliphatic hydroxyl groups excluding tert-OH is 1. The van der Waals surface area contributed by atoms with Crippen molar-refractivity contribution in [3.63, 3.8) is 0 Å². The van der Waals surface area contributed by atoms with E-state index >= 15 is 0 Å². The summed E-state index contributed by atoms with van der Waals surface area (Å²) in [5, 5.41) is 22.6. The van der Waals surface area contributed by atoms with Crippen LogP contribution >= 0.6 is 0 Å². The number of carboxylic acids is 1. The predicted octanol–water partition coefficient (Wildman–Crippen LogP) is -0.899. The SMILES string of the molecule is CC1CC1C(=O)NCCC(=O)NCCC(O)C(=O)O. The fourth-order valence-corrected chi connectivity index (χ4v) is 1.68. The van der Waals surface area contributed by atoms with E-state index in [2.05, 4.69) is 10.6 Å². The zero-order valence-electron chi connectivity index (χ0n) is 10.9. The molecule has 2 amide bonds. The van der Waals surface area contributed by atoms with Crippen molar-refractivity contribution in [1.82, 2.24) is 10.6 Å². The van der Waals surface area contributed by atoms with Crippen LogP contribution in [0, 0.1) is 11.8 Å². The molecule has 3 unspecified atom stereocenters. The molecule has 1 rings (SSSR count). The summed E-state index contributed by atoms with van der Waals surface area (Å²) in [6.45, 7) is 2.37. The van der Waals surface area contributed by atoms with E-state index in [0.29, 0.717) is 5.92 Å². The third-order valence-electron chi connectivity index (χ3n) is 3.12. The van der Waals surface area contributed by atoms with Gasteiger partial charge in [-0.25, -0.2) is 4.79 Å². The van der Waals surface area contributed by atoms with Gasteiger partial charge in [0.1, 0.15) is 0 Å². The van der Waals surface area contributed by atoms with Crippen molar-refractivity contribution in [2.45, 2.75) is 32.3 Å². The zero-order valence-corrected chi connectivity index (χ0v) is 10.9. The predicted molar refractivity (Wildman–Crippen MR) is 66.2 cm³/mol. The average Bonchev–Trinajstić information content (AvgIpc) is 3.06. The van der Waals surface area contributed by atoms with Crippen LogP contribution in [0.1, 0.15) is 26.2 Å². The highest BCUT2D eigenvalue weighted by molar-refractivity contribution is 5.82. The van der Waals surface area contributed by atoms with Gasteiger partial charge in [0, 0.05) is 31.8 Å². The number of rotatable bonds is 8. The Hall–Kier alpha value is -1.63. The van der Waals surface area contributed by atoms with Crippen LogP contribution in [0.2, 0.25) is 0 Å². The van der Waals surface area contributed by atoms with E-state index in [9.17, 15) is 14.4 Å². The fraction of sp³-hybridized carbons (Fsp3) is 0.750. The number of carbonyl (C=O) groups is 3. The Morgan fingerprint density at radius 1 is 1.26 bits per heavy atom. The molecule has 1 aliphatic rings. The summed E-state index contributed by atoms with van der Waals surface area (Å²) in [4.78, 5) is 33.1. The molecule has 3 atom stereocenters. The van der Waals surface area contributed by atoms with E-state index in [4.69, 9.17) is 10.2 Å². The molecule has 0 bridgehead atoms. The zero-order chi connectivity index (χ0) is 14.4. The van der Waals surface area contributed by atoms with Crippen LogP contribution in [-0.4, -0.2) is 47.2 Å². The van der Waals surface area contributed by atoms with Crippen LogP contribution < -0.4 is 10.6 Å². The first-order chi connectivity index (χ1) is 8.91. The molecule has 0 heterocycles. The molecular weight excluding hydrogens is 252 g/mol. The van der Waals surface area contributed by atoms with Crippen molar-refractivity contribution in [2.75, 3.05) is 13.1 Å². The lowest BCUT2D eigenvalue weighted by molar-refractivity contribution is -0.147. The Morgan fingerprint density at radius 2 is 1.89 bits per heavy atom. The third kappa shape index (κ3) is 5.69. The first-order valence-corrected chi connectivity index (χ1v) is 6.37. The Labute approximate surface area is 111 Å². The Balaban J connectivity index is 2.02. The van der Waals surface area contributed by atoms with Crippen LogP contribution in [-0.2, 0) is 14.4 Å². The summed E-state index contributed by atoms with van der Waals surface area (Å²) in [6.07, 6.45) is -0.440. The number of aliphatic carboxylic acids is 1. The molecule has 0 aromatic carbocycles. The molecule has 1 saturated carbocycles. The summed E-state index contributed by atoms with van der Waals surface area (Å²) in [5.41, 5.74) is 0. The molecular formula is C12H20N2O5. The second kappa shape index (κ2) is 7.08. The monoisotopic (exact) mass is 272 g/mol. The van der Waals surface area contributed by atoms with Crippen LogP contribution in [0.25, 0.3) is 0 Å². The first-order valence-electron chi connectivity index (χ1n) is 6.37. The molecule has 7 nitrogen and oxygen atoms in total. The molecule has 1 fully saturated rings. The van der Waals surface area contributed by atoms with Gasteiger partial charge in [0.15, 0.2) is 6.10 Å². The second-order valence-electron chi connectivity index (χ2n) is 4.85. The largest absolute Gasteiger partial charge is 0.479 e. The Bertz CT molecular complexity index is 358. The topological polar surface area (TPSA) is 116 Å². The number of amides is 2. The van der Waals surface area contributed by atoms with Crippen molar-refractivity contribution in [3.8, 4) is 0 Å². The number of nitrogens with one attached hydrogen (secondary N) is 2. The van der Waals surface area contributed by atoms with Gasteiger partial charge in [0.2, 0.25) is 11.8 Å². The van der Waals surface area contributed by atoms with E-state index < -0.39 is 12.1 Å². The smallest absolute Gasteiger partial charge is 0.332 e. The molecule has 108 valence electrons. The highest BCUT2D eigenvalue weighted by Gasteiger charge is 2.38. The van der Waals surface area contributed by atoms with Crippen molar-refractivity contribution in [2.24, 2.45) is 11.8 Å². The van der Waals surface area contributed by atoms with Gasteiger partial charge in [-0.1, -0.05) is 6.92 Å². The molecule has 0 radical (unpaired) electrons. The number of carbonyl (C=O) groups excluding carboxylic acids is 2. The third-order valence-corrected chi connectivity index (χ3v) is 3.12. The van der Waals surface area contributed by atoms with Gasteiger partial charge in [-0.05, 0) is 12.3 Å². The molecule has 0 saturated heterocycles. The maximum atomic E-state index is 11.4. The van der Waals surface area contributed by atoms with Gasteiger partial charge in [-0.2, -0.15) is 0 Å². The first kappa shape index (κ1) is 15.4. The van der Waals surface area contributed by atoms with Crippen LogP contribution in [0.5, 0.6) is 0 Å². The minimum absolute atomic E-state index is 0.0124. The molecule has 0 aromatic heterocycles. The number of aliphatic hydroxyl groups is 1. The molecule has 4 N–H and O–H groups in total. The van der Waals surface area contributed by atoms with Gasteiger partial charge in [-0.3, -0.25) is 9.59 Å². The summed E-state index contributed by atoms with van der Waals surface area (Å²) < 4.78 is 0. The molecule has 19 heavy (non-hydrogen) atoms. The normalized spacial score (nSPS) is 22.4. The molecule has 7 heteroatoms. The van der Waals surface area contributed by atoms with Crippen molar-refractivity contribution in [1.29, 1.82) is 0 Å². The Kier molecular flexibility index (Phi) is 5.75. The maximum absolute atomic E-state index is 11.4. The van der Waals surface area contributed by atoms with Gasteiger partial charge in [-0.15, -0.1) is 0 Å². The molecule has 1 aliphatic carbocycles. The highest BCUT2D eigenvalue weighted by atomic mass is 16.4. The van der Waals surface area contributed by atoms with E-state index in [1.807, 2.05) is 6.92 Å². The summed E-state index contributed by atoms with van der Waals surface area (Å²) in [7, 11) is 0. The summed E-state index contributed by atoms with van der Waals surface area (Å²) >= 11 is 0. The standard InChI is InChI=1S/C12H20N2O5/c1-7-6-8(7)11(17)14-5-3-10(16)13-4-2-9(15)12(18)19/h7-9,15H,2-6H2,1H3,(H,13,16)(H,14,17)(H,18,19). The van der Waals surface area contributed by atoms with Crippen molar-refractivity contribution in [3.05, 3.63) is 0 Å². The number of hydrogen-bond acceptors (Lipinski definition) is 4. The second-order valence-corrected chi connectivity index (χ2v) is 4.85. The van der Waals surface area contributed by atoms with Crippen LogP contribution in [0.15, 0.2) is 0 Å². The molecule has 0 spiro atoms. The van der Waals surface area contributed by atoms with E-state index in [0.717, 1.165) is 6.42 Å². The minimum atomic E-state index is -1.46. The molecule has 0 aliphatic heterocycles. The summed E-state index contributed by atoms with van der Waals surface area (Å²) in [6, 6.07) is 0. The van der Waals surface area contributed by atoms with Gasteiger partial charge >= 0.3 is 5.97 Å². The lowest BCUT2D eigenvalue weighted by Crippen LogP contribution is -2.33. The number of carboxylic acid groups (broad SMARTS) is 1. The van der Waals surface area contributed by atoms with Gasteiger partial charge < -0.3 is 20.8 Å². The summed E-state index contributed by atoms with van der Waals surface area (Å²) in [5.74, 6) is -1.07. The minimum Gasteiger partial charge on any atom is -0.479 e. The number of hydrogen-bond donors (Lipinski definition) is 4. The van der Waals surface area contributed by atoms with Crippen molar-refractivity contribution < 1.29 is 24.6 Å². The van der Waals surface area contributed by atoms with Gasteiger partial charge in [0.25, 0.3) is 0 Å². The average molecular weight is 272 g/mol.